The number of imidazole rings is 1. The fourth-order valence-electron chi connectivity index (χ4n) is 3.70. The molecule has 0 radical (unpaired) electrons. The van der Waals surface area contributed by atoms with Gasteiger partial charge in [-0.15, -0.1) is 0 Å². The molecule has 2 aromatic heterocycles. The molecule has 27 heavy (non-hydrogen) atoms. The second-order valence-electron chi connectivity index (χ2n) is 7.06. The van der Waals surface area contributed by atoms with Crippen molar-refractivity contribution in [2.75, 3.05) is 0 Å². The second-order valence-corrected chi connectivity index (χ2v) is 7.06. The fraction of sp³-hybridized carbons (Fsp3) is 0.450. The van der Waals surface area contributed by atoms with Gasteiger partial charge in [-0.05, 0) is 43.5 Å². The third kappa shape index (κ3) is 3.59. The quantitative estimate of drug-likeness (QED) is 0.717. The largest absolute Gasteiger partial charge is 0.425 e. The van der Waals surface area contributed by atoms with Crippen LogP contribution in [0.5, 0.6) is 11.8 Å². The lowest BCUT2D eigenvalue weighted by Crippen LogP contribution is -2.16. The molecule has 4 rings (SSSR count). The van der Waals surface area contributed by atoms with E-state index in [1.807, 2.05) is 11.5 Å². The third-order valence-corrected chi connectivity index (χ3v) is 5.06. The molecule has 142 valence electrons. The highest BCUT2D eigenvalue weighted by molar-refractivity contribution is 5.70. The van der Waals surface area contributed by atoms with E-state index in [9.17, 15) is 9.18 Å². The van der Waals surface area contributed by atoms with E-state index in [1.54, 1.807) is 0 Å². The Morgan fingerprint density at radius 3 is 2.63 bits per heavy atom. The van der Waals surface area contributed by atoms with Crippen molar-refractivity contribution < 1.29 is 9.13 Å². The van der Waals surface area contributed by atoms with E-state index < -0.39 is 0 Å². The van der Waals surface area contributed by atoms with Crippen LogP contribution in [0.15, 0.2) is 29.1 Å². The second kappa shape index (κ2) is 7.50. The van der Waals surface area contributed by atoms with Gasteiger partial charge in [0, 0.05) is 12.5 Å². The summed E-state index contributed by atoms with van der Waals surface area (Å²) in [5.74, 6) is 1.31. The molecule has 7 heteroatoms. The zero-order valence-corrected chi connectivity index (χ0v) is 15.4. The van der Waals surface area contributed by atoms with Crippen molar-refractivity contribution in [2.45, 2.75) is 57.9 Å². The zero-order valence-electron chi connectivity index (χ0n) is 15.4. The normalized spacial score (nSPS) is 15.3. The topological polar surface area (TPSA) is 72.8 Å². The lowest BCUT2D eigenvalue weighted by Gasteiger charge is -2.18. The molecule has 0 aliphatic heterocycles. The van der Waals surface area contributed by atoms with Crippen molar-refractivity contribution in [1.29, 1.82) is 0 Å². The summed E-state index contributed by atoms with van der Waals surface area (Å²) in [6.07, 6.45) is 6.67. The molecular weight excluding hydrogens is 347 g/mol. The first-order valence-electron chi connectivity index (χ1n) is 9.59. The number of hydrogen-bond donors (Lipinski definition) is 1. The number of ether oxygens (including phenoxy) is 1. The number of halogens is 1. The minimum absolute atomic E-state index is 0.183. The van der Waals surface area contributed by atoms with Crippen LogP contribution in [0.2, 0.25) is 0 Å². The molecule has 0 atom stereocenters. The Bertz CT molecular complexity index is 988. The maximum Gasteiger partial charge on any atom is 0.307 e. The average molecular weight is 370 g/mol. The predicted octanol–water partition coefficient (Wildman–Crippen LogP) is 4.51. The van der Waals surface area contributed by atoms with Crippen molar-refractivity contribution in [2.24, 2.45) is 0 Å². The minimum atomic E-state index is -0.385. The first-order chi connectivity index (χ1) is 13.2. The molecule has 0 amide bonds. The summed E-state index contributed by atoms with van der Waals surface area (Å²) in [6, 6.07) is 5.83. The molecule has 0 bridgehead atoms. The number of nitrogens with one attached hydrogen (secondary N) is 1. The molecule has 1 fully saturated rings. The molecule has 6 nitrogen and oxygen atoms in total. The highest BCUT2D eigenvalue weighted by Crippen LogP contribution is 2.32. The number of rotatable bonds is 5. The van der Waals surface area contributed by atoms with Crippen LogP contribution in [0, 0.1) is 5.82 Å². The zero-order chi connectivity index (χ0) is 18.8. The molecule has 1 aliphatic carbocycles. The van der Waals surface area contributed by atoms with Gasteiger partial charge in [-0.2, -0.15) is 4.98 Å². The highest BCUT2D eigenvalue weighted by atomic mass is 19.1. The smallest absolute Gasteiger partial charge is 0.307 e. The Labute approximate surface area is 156 Å². The van der Waals surface area contributed by atoms with Gasteiger partial charge in [-0.3, -0.25) is 9.36 Å². The van der Waals surface area contributed by atoms with E-state index in [-0.39, 0.29) is 17.4 Å². The summed E-state index contributed by atoms with van der Waals surface area (Å²) in [5.41, 5.74) is 0.619. The summed E-state index contributed by atoms with van der Waals surface area (Å²) in [7, 11) is 0. The van der Waals surface area contributed by atoms with Gasteiger partial charge in [0.05, 0.1) is 0 Å². The van der Waals surface area contributed by atoms with Gasteiger partial charge in [0.25, 0.3) is 0 Å². The summed E-state index contributed by atoms with van der Waals surface area (Å²) < 4.78 is 20.8. The van der Waals surface area contributed by atoms with E-state index in [0.29, 0.717) is 29.4 Å². The van der Waals surface area contributed by atoms with Crippen LogP contribution in [0.4, 0.5) is 4.39 Å². The summed E-state index contributed by atoms with van der Waals surface area (Å²) in [4.78, 5) is 24.7. The SMILES string of the molecule is CCCn1c(Oc2ccc(F)cc2)nc(=O)c2[nH]c(C3CCCCC3)nc21. The van der Waals surface area contributed by atoms with E-state index in [0.717, 1.165) is 25.1 Å². The van der Waals surface area contributed by atoms with Gasteiger partial charge in [-0.1, -0.05) is 26.2 Å². The number of aryl methyl sites for hydroxylation is 1. The maximum absolute atomic E-state index is 13.1. The molecule has 1 aromatic carbocycles. The van der Waals surface area contributed by atoms with Gasteiger partial charge in [0.2, 0.25) is 0 Å². The summed E-state index contributed by atoms with van der Waals surface area (Å²) in [5, 5.41) is 0. The standard InChI is InChI=1S/C20H23FN4O2/c1-2-12-25-18-16(22-17(23-18)13-6-4-3-5-7-13)19(26)24-20(25)27-15-10-8-14(21)9-11-15/h8-11,13H,2-7,12H2,1H3,(H,22,23). The van der Waals surface area contributed by atoms with E-state index in [2.05, 4.69) is 9.97 Å². The molecule has 0 unspecified atom stereocenters. The van der Waals surface area contributed by atoms with Crippen LogP contribution in [0.25, 0.3) is 11.2 Å². The van der Waals surface area contributed by atoms with Crippen LogP contribution in [-0.4, -0.2) is 19.5 Å². The van der Waals surface area contributed by atoms with Crippen LogP contribution in [0.1, 0.15) is 57.2 Å². The van der Waals surface area contributed by atoms with Gasteiger partial charge in [0.1, 0.15) is 17.4 Å². The van der Waals surface area contributed by atoms with Crippen molar-refractivity contribution in [3.8, 4) is 11.8 Å². The molecule has 0 saturated heterocycles. The van der Waals surface area contributed by atoms with Crippen molar-refractivity contribution in [3.63, 3.8) is 0 Å². The van der Waals surface area contributed by atoms with Gasteiger partial charge < -0.3 is 9.72 Å². The molecule has 3 aromatic rings. The Kier molecular flexibility index (Phi) is 4.92. The summed E-state index contributed by atoms with van der Waals surface area (Å²) in [6.45, 7) is 2.66. The van der Waals surface area contributed by atoms with Crippen molar-refractivity contribution in [3.05, 3.63) is 46.3 Å². The first-order valence-corrected chi connectivity index (χ1v) is 9.59. The number of aromatic amines is 1. The third-order valence-electron chi connectivity index (χ3n) is 5.06. The minimum Gasteiger partial charge on any atom is -0.425 e. The molecule has 1 aliphatic rings. The van der Waals surface area contributed by atoms with Gasteiger partial charge in [-0.25, -0.2) is 9.37 Å². The van der Waals surface area contributed by atoms with Crippen LogP contribution in [-0.2, 0) is 6.54 Å². The van der Waals surface area contributed by atoms with Crippen LogP contribution < -0.4 is 10.3 Å². The number of fused-ring (bicyclic) bond motifs is 1. The first kappa shape index (κ1) is 17.7. The Balaban J connectivity index is 1.77. The van der Waals surface area contributed by atoms with Gasteiger partial charge >= 0.3 is 11.6 Å². The lowest BCUT2D eigenvalue weighted by atomic mass is 9.89. The number of hydrogen-bond acceptors (Lipinski definition) is 4. The number of H-pyrrole nitrogens is 1. The van der Waals surface area contributed by atoms with E-state index in [4.69, 9.17) is 9.72 Å². The number of aromatic nitrogens is 4. The highest BCUT2D eigenvalue weighted by Gasteiger charge is 2.22. The fourth-order valence-corrected chi connectivity index (χ4v) is 3.70. The average Bonchev–Trinajstić information content (AvgIpc) is 3.13. The van der Waals surface area contributed by atoms with Crippen molar-refractivity contribution >= 4 is 11.2 Å². The number of benzene rings is 1. The Hall–Kier alpha value is -2.70. The molecule has 2 heterocycles. The molecule has 1 saturated carbocycles. The van der Waals surface area contributed by atoms with E-state index >= 15 is 0 Å². The monoisotopic (exact) mass is 370 g/mol. The number of nitrogens with zero attached hydrogens (tertiary/aromatic N) is 3. The molecular formula is C20H23FN4O2. The molecule has 0 spiro atoms. The van der Waals surface area contributed by atoms with Crippen LogP contribution >= 0.6 is 0 Å². The lowest BCUT2D eigenvalue weighted by molar-refractivity contribution is 0.403. The summed E-state index contributed by atoms with van der Waals surface area (Å²) >= 11 is 0. The maximum atomic E-state index is 13.1. The molecule has 1 N–H and O–H groups in total. The van der Waals surface area contributed by atoms with Crippen LogP contribution in [0.3, 0.4) is 0 Å². The Morgan fingerprint density at radius 1 is 1.19 bits per heavy atom. The Morgan fingerprint density at radius 2 is 1.93 bits per heavy atom. The van der Waals surface area contributed by atoms with E-state index in [1.165, 1.54) is 43.5 Å². The van der Waals surface area contributed by atoms with Crippen molar-refractivity contribution in [1.82, 2.24) is 19.5 Å². The predicted molar refractivity (Wildman–Crippen MR) is 101 cm³/mol. The van der Waals surface area contributed by atoms with Gasteiger partial charge in [0.15, 0.2) is 11.2 Å².